The van der Waals surface area contributed by atoms with E-state index >= 15 is 0 Å². The van der Waals surface area contributed by atoms with Crippen LogP contribution in [0.5, 0.6) is 0 Å². The maximum atomic E-state index is 4.08. The van der Waals surface area contributed by atoms with E-state index in [0.717, 1.165) is 17.8 Å². The number of para-hydroxylation sites is 1. The molecule has 26 heavy (non-hydrogen) atoms. The van der Waals surface area contributed by atoms with E-state index in [0.29, 0.717) is 0 Å². The Bertz CT molecular complexity index is 924. The van der Waals surface area contributed by atoms with Gasteiger partial charge in [-0.3, -0.25) is 0 Å². The van der Waals surface area contributed by atoms with Crippen molar-refractivity contribution in [1.29, 1.82) is 0 Å². The van der Waals surface area contributed by atoms with E-state index < -0.39 is 0 Å². The average Bonchev–Trinajstić information content (AvgIpc) is 3.03. The van der Waals surface area contributed by atoms with E-state index in [-0.39, 0.29) is 0 Å². The van der Waals surface area contributed by atoms with Crippen LogP contribution >= 0.6 is 0 Å². The first-order valence-electron chi connectivity index (χ1n) is 9.40. The fraction of sp³-hybridized carbons (Fsp3) is 0.200. The maximum absolute atomic E-state index is 4.08. The Morgan fingerprint density at radius 2 is 1.65 bits per heavy atom. The molecular weight excluding hydrogens is 314 g/mol. The van der Waals surface area contributed by atoms with Crippen molar-refractivity contribution in [3.05, 3.63) is 84.1 Å². The minimum absolute atomic E-state index is 0.971. The van der Waals surface area contributed by atoms with Gasteiger partial charge in [0.25, 0.3) is 0 Å². The number of aromatic nitrogens is 1. The summed E-state index contributed by atoms with van der Waals surface area (Å²) in [5.41, 5.74) is 7.27. The van der Waals surface area contributed by atoms with Crippen LogP contribution in [-0.4, -0.2) is 4.57 Å². The van der Waals surface area contributed by atoms with Crippen LogP contribution in [0.4, 0.5) is 0 Å². The summed E-state index contributed by atoms with van der Waals surface area (Å²) in [5.74, 6) is 0. The van der Waals surface area contributed by atoms with Gasteiger partial charge in [-0.05, 0) is 48.7 Å². The molecule has 3 aromatic rings. The van der Waals surface area contributed by atoms with Gasteiger partial charge in [0, 0.05) is 16.6 Å². The molecule has 0 unspecified atom stereocenters. The van der Waals surface area contributed by atoms with E-state index in [1.54, 1.807) is 0 Å². The topological polar surface area (TPSA) is 4.93 Å². The molecule has 0 aliphatic rings. The molecule has 0 amide bonds. The lowest BCUT2D eigenvalue weighted by molar-refractivity contribution is 1.10. The fourth-order valence-corrected chi connectivity index (χ4v) is 3.48. The van der Waals surface area contributed by atoms with Crippen molar-refractivity contribution in [2.24, 2.45) is 0 Å². The third-order valence-electron chi connectivity index (χ3n) is 4.47. The van der Waals surface area contributed by atoms with Crippen LogP contribution in [0.25, 0.3) is 34.8 Å². The second-order valence-corrected chi connectivity index (χ2v) is 5.76. The Morgan fingerprint density at radius 3 is 2.19 bits per heavy atom. The lowest BCUT2D eigenvalue weighted by atomic mass is 9.97. The van der Waals surface area contributed by atoms with Crippen molar-refractivity contribution >= 4 is 29.1 Å². The number of hydrogen-bond acceptors (Lipinski definition) is 0. The summed E-state index contributed by atoms with van der Waals surface area (Å²) in [7, 11) is 0. The molecular formula is C25H29N. The van der Waals surface area contributed by atoms with Gasteiger partial charge in [0.2, 0.25) is 0 Å². The molecule has 0 fully saturated rings. The summed E-state index contributed by atoms with van der Waals surface area (Å²) in [6.45, 7) is 16.3. The summed E-state index contributed by atoms with van der Waals surface area (Å²) in [6, 6.07) is 14.8. The van der Waals surface area contributed by atoms with Gasteiger partial charge in [0.15, 0.2) is 0 Å². The predicted octanol–water partition coefficient (Wildman–Crippen LogP) is 7.54. The molecule has 0 atom stereocenters. The predicted molar refractivity (Wildman–Crippen MR) is 119 cm³/mol. The van der Waals surface area contributed by atoms with Crippen molar-refractivity contribution in [2.45, 2.75) is 34.1 Å². The van der Waals surface area contributed by atoms with Gasteiger partial charge in [-0.25, -0.2) is 0 Å². The number of rotatable bonds is 5. The zero-order chi connectivity index (χ0) is 19.1. The molecule has 0 saturated heterocycles. The zero-order valence-electron chi connectivity index (χ0n) is 16.4. The maximum Gasteiger partial charge on any atom is 0.0544 e. The molecule has 1 heterocycles. The molecule has 134 valence electrons. The van der Waals surface area contributed by atoms with Gasteiger partial charge in [-0.1, -0.05) is 76.4 Å². The second kappa shape index (κ2) is 9.05. The molecule has 0 spiro atoms. The van der Waals surface area contributed by atoms with Gasteiger partial charge in [-0.2, -0.15) is 0 Å². The van der Waals surface area contributed by atoms with Crippen LogP contribution in [0.15, 0.2) is 61.7 Å². The quantitative estimate of drug-likeness (QED) is 0.451. The van der Waals surface area contributed by atoms with E-state index in [9.17, 15) is 0 Å². The highest BCUT2D eigenvalue weighted by molar-refractivity contribution is 5.99. The number of hydrogen-bond donors (Lipinski definition) is 0. The number of benzene rings is 2. The Balaban J connectivity index is 0.00000117. The van der Waals surface area contributed by atoms with Crippen molar-refractivity contribution in [1.82, 2.24) is 4.57 Å². The van der Waals surface area contributed by atoms with Gasteiger partial charge >= 0.3 is 0 Å². The Labute approximate surface area is 158 Å². The summed E-state index contributed by atoms with van der Waals surface area (Å²) < 4.78 is 2.30. The van der Waals surface area contributed by atoms with Gasteiger partial charge in [0.1, 0.15) is 0 Å². The highest BCUT2D eigenvalue weighted by atomic mass is 15.0. The minimum Gasteiger partial charge on any atom is -0.309 e. The molecule has 3 rings (SSSR count). The number of aryl methyl sites for hydroxylation is 1. The van der Waals surface area contributed by atoms with Crippen LogP contribution in [0.1, 0.15) is 50.1 Å². The lowest BCUT2D eigenvalue weighted by Crippen LogP contribution is -1.96. The van der Waals surface area contributed by atoms with Crippen LogP contribution in [-0.2, 0) is 6.42 Å². The molecule has 1 nitrogen and oxygen atoms in total. The molecule has 1 aromatic heterocycles. The standard InChI is InChI=1S/C23H23N.C2H6/c1-5-12-20-21(8-4)24(18-13-10-9-11-14-18)22-16-15-17(6-2)19(7-3)23(20)22;1-2/h5-6,8-16H,2,4,7H2,1,3H3;1-2H3/b12-5-;. The number of nitrogens with zero attached hydrogens (tertiary/aromatic N) is 1. The number of fused-ring (bicyclic) bond motifs is 1. The molecule has 0 radical (unpaired) electrons. The van der Waals surface area contributed by atoms with E-state index in [2.05, 4.69) is 80.1 Å². The molecule has 0 bridgehead atoms. The van der Waals surface area contributed by atoms with Crippen molar-refractivity contribution in [3.8, 4) is 5.69 Å². The Hall–Kier alpha value is -2.80. The molecule has 0 aliphatic carbocycles. The Kier molecular flexibility index (Phi) is 6.80. The number of allylic oxidation sites excluding steroid dienone is 1. The van der Waals surface area contributed by atoms with E-state index in [4.69, 9.17) is 0 Å². The lowest BCUT2D eigenvalue weighted by Gasteiger charge is -2.10. The van der Waals surface area contributed by atoms with E-state index in [1.807, 2.05) is 32.1 Å². The smallest absolute Gasteiger partial charge is 0.0544 e. The largest absolute Gasteiger partial charge is 0.309 e. The average molecular weight is 344 g/mol. The van der Waals surface area contributed by atoms with Gasteiger partial charge in [0.05, 0.1) is 11.2 Å². The summed E-state index contributed by atoms with van der Waals surface area (Å²) >= 11 is 0. The molecule has 0 aliphatic heterocycles. The molecule has 1 heteroatoms. The summed E-state index contributed by atoms with van der Waals surface area (Å²) in [6.07, 6.45) is 9.15. The molecule has 2 aromatic carbocycles. The van der Waals surface area contributed by atoms with Crippen LogP contribution in [0, 0.1) is 0 Å². The Morgan fingerprint density at radius 1 is 0.962 bits per heavy atom. The highest BCUT2D eigenvalue weighted by Gasteiger charge is 2.18. The van der Waals surface area contributed by atoms with Gasteiger partial charge < -0.3 is 4.57 Å². The fourth-order valence-electron chi connectivity index (χ4n) is 3.48. The minimum atomic E-state index is 0.971. The first-order chi connectivity index (χ1) is 12.8. The van der Waals surface area contributed by atoms with Crippen LogP contribution in [0.2, 0.25) is 0 Å². The van der Waals surface area contributed by atoms with Crippen molar-refractivity contribution < 1.29 is 0 Å². The second-order valence-electron chi connectivity index (χ2n) is 5.76. The summed E-state index contributed by atoms with van der Waals surface area (Å²) in [4.78, 5) is 0. The SMILES string of the molecule is C=Cc1ccc2c(c(/C=C\C)c(C=C)n2-c2ccccc2)c1CC.CC. The first kappa shape index (κ1) is 19.5. The third-order valence-corrected chi connectivity index (χ3v) is 4.47. The third kappa shape index (κ3) is 3.30. The molecule has 0 N–H and O–H groups in total. The van der Waals surface area contributed by atoms with Gasteiger partial charge in [-0.15, -0.1) is 0 Å². The van der Waals surface area contributed by atoms with E-state index in [1.165, 1.54) is 27.6 Å². The monoisotopic (exact) mass is 343 g/mol. The normalized spacial score (nSPS) is 10.6. The van der Waals surface area contributed by atoms with Crippen molar-refractivity contribution in [3.63, 3.8) is 0 Å². The van der Waals surface area contributed by atoms with Crippen LogP contribution in [0.3, 0.4) is 0 Å². The van der Waals surface area contributed by atoms with Crippen molar-refractivity contribution in [2.75, 3.05) is 0 Å². The zero-order valence-corrected chi connectivity index (χ0v) is 16.4. The molecule has 0 saturated carbocycles. The first-order valence-corrected chi connectivity index (χ1v) is 9.40. The summed E-state index contributed by atoms with van der Waals surface area (Å²) in [5, 5.41) is 1.30. The highest BCUT2D eigenvalue weighted by Crippen LogP contribution is 2.35. The van der Waals surface area contributed by atoms with Crippen LogP contribution < -0.4 is 0 Å².